The van der Waals surface area contributed by atoms with Crippen LogP contribution in [-0.4, -0.2) is 16.0 Å². The van der Waals surface area contributed by atoms with Crippen molar-refractivity contribution in [2.24, 2.45) is 7.05 Å². The number of aromatic nitrogens is 2. The number of thioether (sulfide) groups is 1. The lowest BCUT2D eigenvalue weighted by Crippen LogP contribution is -2.01. The van der Waals surface area contributed by atoms with Gasteiger partial charge in [0, 0.05) is 23.0 Å². The highest BCUT2D eigenvalue weighted by atomic mass is 32.2. The minimum Gasteiger partial charge on any atom is -0.379 e. The number of hydrogen-bond acceptors (Lipinski definition) is 3. The Morgan fingerprint density at radius 3 is 2.60 bits per heavy atom. The highest BCUT2D eigenvalue weighted by molar-refractivity contribution is 7.98. The van der Waals surface area contributed by atoms with Gasteiger partial charge in [0.2, 0.25) is 0 Å². The molecule has 1 heterocycles. The Bertz CT molecular complexity index is 716. The summed E-state index contributed by atoms with van der Waals surface area (Å²) in [6.45, 7) is 0.736. The fourth-order valence-electron chi connectivity index (χ4n) is 2.31. The van der Waals surface area contributed by atoms with E-state index in [1.807, 2.05) is 17.8 Å². The van der Waals surface area contributed by atoms with E-state index in [4.69, 9.17) is 0 Å². The van der Waals surface area contributed by atoms with Crippen molar-refractivity contribution in [1.82, 2.24) is 9.78 Å². The van der Waals surface area contributed by atoms with Gasteiger partial charge in [-0.25, -0.2) is 0 Å². The molecule has 0 saturated carbocycles. The Balaban J connectivity index is 1.79. The molecule has 0 saturated heterocycles. The molecule has 0 aliphatic rings. The first-order valence-corrected chi connectivity index (χ1v) is 7.79. The second kappa shape index (κ2) is 5.59. The van der Waals surface area contributed by atoms with Crippen molar-refractivity contribution in [3.63, 3.8) is 0 Å². The second-order valence-electron chi connectivity index (χ2n) is 4.67. The summed E-state index contributed by atoms with van der Waals surface area (Å²) in [5.74, 6) is 0. The van der Waals surface area contributed by atoms with Crippen molar-refractivity contribution in [2.45, 2.75) is 11.4 Å². The summed E-state index contributed by atoms with van der Waals surface area (Å²) >= 11 is 1.75. The van der Waals surface area contributed by atoms with E-state index < -0.39 is 0 Å². The van der Waals surface area contributed by atoms with Crippen LogP contribution in [0.15, 0.2) is 53.4 Å². The van der Waals surface area contributed by atoms with Crippen LogP contribution in [0.5, 0.6) is 0 Å². The molecule has 0 aliphatic heterocycles. The molecule has 20 heavy (non-hydrogen) atoms. The molecule has 0 spiro atoms. The third-order valence-corrected chi connectivity index (χ3v) is 4.13. The van der Waals surface area contributed by atoms with E-state index >= 15 is 0 Å². The number of nitrogens with zero attached hydrogens (tertiary/aromatic N) is 2. The molecule has 102 valence electrons. The molecule has 0 bridgehead atoms. The lowest BCUT2D eigenvalue weighted by atomic mass is 10.2. The molecule has 0 amide bonds. The molecular formula is C16H17N3S. The van der Waals surface area contributed by atoms with Gasteiger partial charge >= 0.3 is 0 Å². The second-order valence-corrected chi connectivity index (χ2v) is 5.55. The maximum Gasteiger partial charge on any atom is 0.0894 e. The van der Waals surface area contributed by atoms with Crippen LogP contribution in [0, 0.1) is 0 Å². The summed E-state index contributed by atoms with van der Waals surface area (Å²) in [5, 5.41) is 9.23. The third-order valence-electron chi connectivity index (χ3n) is 3.38. The van der Waals surface area contributed by atoms with Gasteiger partial charge in [-0.1, -0.05) is 18.2 Å². The maximum atomic E-state index is 4.59. The smallest absolute Gasteiger partial charge is 0.0894 e. The van der Waals surface area contributed by atoms with Crippen molar-refractivity contribution >= 4 is 28.4 Å². The topological polar surface area (TPSA) is 29.9 Å². The molecule has 1 N–H and O–H groups in total. The van der Waals surface area contributed by atoms with Crippen LogP contribution in [0.3, 0.4) is 0 Å². The van der Waals surface area contributed by atoms with Crippen molar-refractivity contribution in [2.75, 3.05) is 11.6 Å². The largest absolute Gasteiger partial charge is 0.379 e. The number of rotatable bonds is 4. The fraction of sp³-hybridized carbons (Fsp3) is 0.188. The standard InChI is InChI=1S/C16H17N3S/c1-19-16-6-4-3-5-14(16)15(18-19)11-17-12-7-9-13(20-2)10-8-12/h3-10,17H,11H2,1-2H3. The van der Waals surface area contributed by atoms with Crippen LogP contribution < -0.4 is 5.32 Å². The lowest BCUT2D eigenvalue weighted by molar-refractivity contribution is 0.771. The summed E-state index contributed by atoms with van der Waals surface area (Å²) in [6, 6.07) is 16.8. The van der Waals surface area contributed by atoms with Crippen molar-refractivity contribution < 1.29 is 0 Å². The van der Waals surface area contributed by atoms with Gasteiger partial charge in [-0.05, 0) is 36.6 Å². The molecule has 0 atom stereocenters. The van der Waals surface area contributed by atoms with Crippen LogP contribution in [0.1, 0.15) is 5.69 Å². The molecule has 1 aromatic heterocycles. The summed E-state index contributed by atoms with van der Waals surface area (Å²) in [4.78, 5) is 1.28. The zero-order valence-electron chi connectivity index (χ0n) is 11.6. The summed E-state index contributed by atoms with van der Waals surface area (Å²) in [5.41, 5.74) is 3.37. The first kappa shape index (κ1) is 13.1. The van der Waals surface area contributed by atoms with Gasteiger partial charge < -0.3 is 5.32 Å². The van der Waals surface area contributed by atoms with E-state index in [1.165, 1.54) is 15.8 Å². The average molecular weight is 283 g/mol. The zero-order valence-corrected chi connectivity index (χ0v) is 12.4. The quantitative estimate of drug-likeness (QED) is 0.736. The lowest BCUT2D eigenvalue weighted by Gasteiger charge is -2.05. The summed E-state index contributed by atoms with van der Waals surface area (Å²) in [7, 11) is 1.99. The van der Waals surface area contributed by atoms with Crippen molar-refractivity contribution in [3.05, 3.63) is 54.2 Å². The number of aryl methyl sites for hydroxylation is 1. The molecular weight excluding hydrogens is 266 g/mol. The van der Waals surface area contributed by atoms with Gasteiger partial charge in [0.05, 0.1) is 17.8 Å². The first-order valence-electron chi connectivity index (χ1n) is 6.56. The van der Waals surface area contributed by atoms with Gasteiger partial charge in [-0.3, -0.25) is 4.68 Å². The Kier molecular flexibility index (Phi) is 3.65. The van der Waals surface area contributed by atoms with Crippen LogP contribution in [-0.2, 0) is 13.6 Å². The number of fused-ring (bicyclic) bond motifs is 1. The number of anilines is 1. The van der Waals surface area contributed by atoms with E-state index in [2.05, 4.69) is 59.1 Å². The minimum atomic E-state index is 0.736. The molecule has 2 aromatic carbocycles. The summed E-state index contributed by atoms with van der Waals surface area (Å²) < 4.78 is 1.93. The predicted molar refractivity (Wildman–Crippen MR) is 86.3 cm³/mol. The minimum absolute atomic E-state index is 0.736. The van der Waals surface area contributed by atoms with E-state index in [0.717, 1.165) is 17.9 Å². The molecule has 0 fully saturated rings. The number of para-hydroxylation sites is 1. The molecule has 0 radical (unpaired) electrons. The molecule has 3 aromatic rings. The number of hydrogen-bond donors (Lipinski definition) is 1. The van der Waals surface area contributed by atoms with Gasteiger partial charge in [0.15, 0.2) is 0 Å². The highest BCUT2D eigenvalue weighted by Crippen LogP contribution is 2.20. The molecule has 4 heteroatoms. The van der Waals surface area contributed by atoms with E-state index in [-0.39, 0.29) is 0 Å². The van der Waals surface area contributed by atoms with Gasteiger partial charge in [-0.2, -0.15) is 5.10 Å². The highest BCUT2D eigenvalue weighted by Gasteiger charge is 2.07. The number of benzene rings is 2. The molecule has 3 rings (SSSR count). The first-order chi connectivity index (χ1) is 9.78. The average Bonchev–Trinajstić information content (AvgIpc) is 2.83. The van der Waals surface area contributed by atoms with Crippen LogP contribution >= 0.6 is 11.8 Å². The SMILES string of the molecule is CSc1ccc(NCc2nn(C)c3ccccc23)cc1. The third kappa shape index (κ3) is 2.51. The molecule has 3 nitrogen and oxygen atoms in total. The van der Waals surface area contributed by atoms with E-state index in [9.17, 15) is 0 Å². The zero-order chi connectivity index (χ0) is 13.9. The van der Waals surface area contributed by atoms with Gasteiger partial charge in [-0.15, -0.1) is 11.8 Å². The molecule has 0 aliphatic carbocycles. The van der Waals surface area contributed by atoms with Crippen LogP contribution in [0.2, 0.25) is 0 Å². The predicted octanol–water partition coefficient (Wildman–Crippen LogP) is 3.91. The Labute approximate surface area is 123 Å². The van der Waals surface area contributed by atoms with Gasteiger partial charge in [0.1, 0.15) is 0 Å². The Morgan fingerprint density at radius 1 is 1.10 bits per heavy atom. The Hall–Kier alpha value is -1.94. The monoisotopic (exact) mass is 283 g/mol. The number of nitrogens with one attached hydrogen (secondary N) is 1. The summed E-state index contributed by atoms with van der Waals surface area (Å²) in [6.07, 6.45) is 2.09. The Morgan fingerprint density at radius 2 is 1.85 bits per heavy atom. The van der Waals surface area contributed by atoms with Crippen molar-refractivity contribution in [1.29, 1.82) is 0 Å². The van der Waals surface area contributed by atoms with E-state index in [1.54, 1.807) is 11.8 Å². The van der Waals surface area contributed by atoms with Crippen LogP contribution in [0.25, 0.3) is 10.9 Å². The fourth-order valence-corrected chi connectivity index (χ4v) is 2.72. The normalized spacial score (nSPS) is 10.9. The molecule has 0 unspecified atom stereocenters. The van der Waals surface area contributed by atoms with Crippen molar-refractivity contribution in [3.8, 4) is 0 Å². The van der Waals surface area contributed by atoms with E-state index in [0.29, 0.717) is 0 Å². The van der Waals surface area contributed by atoms with Gasteiger partial charge in [0.25, 0.3) is 0 Å². The maximum absolute atomic E-state index is 4.59. The van der Waals surface area contributed by atoms with Crippen LogP contribution in [0.4, 0.5) is 5.69 Å².